The second kappa shape index (κ2) is 5.74. The van der Waals surface area contributed by atoms with Crippen molar-refractivity contribution in [1.29, 1.82) is 0 Å². The molecule has 1 N–H and O–H groups in total. The first-order valence-corrected chi connectivity index (χ1v) is 9.06. The molecule has 21 heavy (non-hydrogen) atoms. The Balaban J connectivity index is 1.67. The highest BCUT2D eigenvalue weighted by Gasteiger charge is 2.28. The lowest BCUT2D eigenvalue weighted by atomic mass is 10.2. The van der Waals surface area contributed by atoms with Gasteiger partial charge >= 0.3 is 0 Å². The molecule has 3 heterocycles. The van der Waals surface area contributed by atoms with Crippen molar-refractivity contribution in [3.05, 3.63) is 24.1 Å². The molecule has 1 saturated heterocycles. The Bertz CT molecular complexity index is 695. The summed E-state index contributed by atoms with van der Waals surface area (Å²) in [6.07, 6.45) is 6.76. The lowest BCUT2D eigenvalue weighted by Crippen LogP contribution is -2.40. The molecule has 1 atom stereocenters. The highest BCUT2D eigenvalue weighted by atomic mass is 32.2. The van der Waals surface area contributed by atoms with E-state index in [0.717, 1.165) is 24.5 Å². The highest BCUT2D eigenvalue weighted by molar-refractivity contribution is 7.89. The van der Waals surface area contributed by atoms with Crippen LogP contribution in [0.2, 0.25) is 0 Å². The average Bonchev–Trinajstić information content (AvgIpc) is 3.17. The lowest BCUT2D eigenvalue weighted by molar-refractivity contribution is 0.564. The van der Waals surface area contributed by atoms with Gasteiger partial charge in [-0.1, -0.05) is 0 Å². The molecule has 2 aromatic rings. The predicted molar refractivity (Wildman–Crippen MR) is 80.9 cm³/mol. The third-order valence-corrected chi connectivity index (χ3v) is 5.62. The maximum Gasteiger partial charge on any atom is 0.259 e. The normalized spacial score (nSPS) is 19.3. The van der Waals surface area contributed by atoms with E-state index in [9.17, 15) is 8.42 Å². The van der Waals surface area contributed by atoms with E-state index in [1.165, 1.54) is 12.5 Å². The molecule has 3 rings (SSSR count). The van der Waals surface area contributed by atoms with Gasteiger partial charge in [-0.3, -0.25) is 0 Å². The van der Waals surface area contributed by atoms with Gasteiger partial charge in [-0.15, -0.1) is 11.3 Å². The summed E-state index contributed by atoms with van der Waals surface area (Å²) in [6, 6.07) is 0.148. The summed E-state index contributed by atoms with van der Waals surface area (Å²) in [5.41, 5.74) is 0. The molecule has 9 heteroatoms. The lowest BCUT2D eigenvalue weighted by Gasteiger charge is -2.23. The summed E-state index contributed by atoms with van der Waals surface area (Å²) in [5, 5.41) is 2.95. The molecule has 114 valence electrons. The first-order valence-electron chi connectivity index (χ1n) is 6.70. The van der Waals surface area contributed by atoms with Crippen LogP contribution in [0.5, 0.6) is 0 Å². The van der Waals surface area contributed by atoms with Crippen molar-refractivity contribution in [1.82, 2.24) is 19.3 Å². The molecule has 1 aliphatic rings. The van der Waals surface area contributed by atoms with Crippen molar-refractivity contribution in [2.75, 3.05) is 18.0 Å². The number of aryl methyl sites for hydroxylation is 1. The minimum Gasteiger partial charge on any atom is -0.344 e. The molecule has 1 fully saturated rings. The Morgan fingerprint density at radius 1 is 1.48 bits per heavy atom. The van der Waals surface area contributed by atoms with Gasteiger partial charge in [0.05, 0.1) is 6.33 Å². The van der Waals surface area contributed by atoms with Crippen molar-refractivity contribution < 1.29 is 8.42 Å². The topological polar surface area (TPSA) is 80.1 Å². The van der Waals surface area contributed by atoms with E-state index in [2.05, 4.69) is 19.6 Å². The Kier molecular flexibility index (Phi) is 3.96. The van der Waals surface area contributed by atoms with Gasteiger partial charge in [0.2, 0.25) is 0 Å². The number of aromatic nitrogens is 3. The van der Waals surface area contributed by atoms with Gasteiger partial charge in [0.1, 0.15) is 0 Å². The SMILES string of the molecule is Cn1cnc(S(=O)(=O)NC[C@@H]2CCCN2c2nccs2)c1. The number of nitrogens with one attached hydrogen (secondary N) is 1. The first kappa shape index (κ1) is 14.5. The van der Waals surface area contributed by atoms with Crippen LogP contribution >= 0.6 is 11.3 Å². The van der Waals surface area contributed by atoms with E-state index in [0.29, 0.717) is 6.54 Å². The zero-order valence-corrected chi connectivity index (χ0v) is 13.3. The number of nitrogens with zero attached hydrogens (tertiary/aromatic N) is 4. The highest BCUT2D eigenvalue weighted by Crippen LogP contribution is 2.26. The fraction of sp³-hybridized carbons (Fsp3) is 0.500. The molecule has 0 aromatic carbocycles. The minimum absolute atomic E-state index is 0.0591. The van der Waals surface area contributed by atoms with Gasteiger partial charge in [-0.2, -0.15) is 0 Å². The van der Waals surface area contributed by atoms with E-state index in [1.807, 2.05) is 5.38 Å². The average molecular weight is 327 g/mol. The third-order valence-electron chi connectivity index (χ3n) is 3.51. The van der Waals surface area contributed by atoms with Gasteiger partial charge in [0.15, 0.2) is 10.2 Å². The van der Waals surface area contributed by atoms with E-state index in [1.54, 1.807) is 29.1 Å². The molecule has 0 amide bonds. The summed E-state index contributed by atoms with van der Waals surface area (Å²) in [6.45, 7) is 1.29. The number of anilines is 1. The third kappa shape index (κ3) is 3.09. The fourth-order valence-electron chi connectivity index (χ4n) is 2.46. The van der Waals surface area contributed by atoms with Crippen molar-refractivity contribution >= 4 is 26.5 Å². The van der Waals surface area contributed by atoms with Crippen molar-refractivity contribution in [2.24, 2.45) is 7.05 Å². The van der Waals surface area contributed by atoms with Gasteiger partial charge in [0, 0.05) is 44.0 Å². The van der Waals surface area contributed by atoms with Crippen LogP contribution in [-0.4, -0.2) is 42.1 Å². The summed E-state index contributed by atoms with van der Waals surface area (Å²) in [7, 11) is -1.80. The molecule has 7 nitrogen and oxygen atoms in total. The second-order valence-corrected chi connectivity index (χ2v) is 7.62. The van der Waals surface area contributed by atoms with Crippen molar-refractivity contribution in [2.45, 2.75) is 23.9 Å². The Labute approximate surface area is 127 Å². The second-order valence-electron chi connectivity index (χ2n) is 5.03. The van der Waals surface area contributed by atoms with Gasteiger partial charge in [-0.05, 0) is 12.8 Å². The molecular weight excluding hydrogens is 310 g/mol. The standard InChI is InChI=1S/C12H17N5O2S2/c1-16-8-11(14-9-16)21(18,19)15-7-10-3-2-5-17(10)12-13-4-6-20-12/h4,6,8-10,15H,2-3,5,7H2,1H3/t10-/m0/s1. The molecule has 0 radical (unpaired) electrons. The monoisotopic (exact) mass is 327 g/mol. The first-order chi connectivity index (χ1) is 10.1. The molecule has 2 aromatic heterocycles. The number of hydrogen-bond acceptors (Lipinski definition) is 6. The largest absolute Gasteiger partial charge is 0.344 e. The van der Waals surface area contributed by atoms with Crippen molar-refractivity contribution in [3.8, 4) is 0 Å². The van der Waals surface area contributed by atoms with E-state index < -0.39 is 10.0 Å². The van der Waals surface area contributed by atoms with Crippen LogP contribution in [0.3, 0.4) is 0 Å². The van der Waals surface area contributed by atoms with Gasteiger partial charge in [0.25, 0.3) is 10.0 Å². The summed E-state index contributed by atoms with van der Waals surface area (Å²) >= 11 is 1.58. The maximum atomic E-state index is 12.2. The summed E-state index contributed by atoms with van der Waals surface area (Å²) in [4.78, 5) is 10.4. The quantitative estimate of drug-likeness (QED) is 0.879. The Morgan fingerprint density at radius 2 is 2.33 bits per heavy atom. The van der Waals surface area contributed by atoms with E-state index >= 15 is 0 Å². The molecule has 0 spiro atoms. The van der Waals surface area contributed by atoms with Crippen LogP contribution in [-0.2, 0) is 17.1 Å². The summed E-state index contributed by atoms with van der Waals surface area (Å²) in [5.74, 6) is 0. The van der Waals surface area contributed by atoms with Gasteiger partial charge < -0.3 is 9.47 Å². The number of hydrogen-bond donors (Lipinski definition) is 1. The maximum absolute atomic E-state index is 12.2. The molecular formula is C12H17N5O2S2. The molecule has 0 bridgehead atoms. The zero-order valence-electron chi connectivity index (χ0n) is 11.6. The van der Waals surface area contributed by atoms with Gasteiger partial charge in [-0.25, -0.2) is 23.1 Å². The molecule has 0 aliphatic carbocycles. The van der Waals surface area contributed by atoms with Crippen LogP contribution in [0, 0.1) is 0 Å². The molecule has 0 unspecified atom stereocenters. The fourth-order valence-corrected chi connectivity index (χ4v) is 4.26. The Morgan fingerprint density at radius 3 is 3.00 bits per heavy atom. The van der Waals surface area contributed by atoms with E-state index in [-0.39, 0.29) is 11.1 Å². The molecule has 0 saturated carbocycles. The van der Waals surface area contributed by atoms with E-state index in [4.69, 9.17) is 0 Å². The minimum atomic E-state index is -3.54. The Hall–Kier alpha value is -1.45. The smallest absolute Gasteiger partial charge is 0.259 e. The number of sulfonamides is 1. The van der Waals surface area contributed by atoms with Crippen LogP contribution in [0.1, 0.15) is 12.8 Å². The van der Waals surface area contributed by atoms with Crippen LogP contribution in [0.25, 0.3) is 0 Å². The number of rotatable bonds is 5. The molecule has 1 aliphatic heterocycles. The number of thiazole rings is 1. The predicted octanol–water partition coefficient (Wildman–Crippen LogP) is 0.824. The summed E-state index contributed by atoms with van der Waals surface area (Å²) < 4.78 is 28.6. The van der Waals surface area contributed by atoms with Crippen LogP contribution < -0.4 is 9.62 Å². The number of imidazole rings is 1. The van der Waals surface area contributed by atoms with Crippen LogP contribution in [0.15, 0.2) is 29.1 Å². The van der Waals surface area contributed by atoms with Crippen molar-refractivity contribution in [3.63, 3.8) is 0 Å². The zero-order chi connectivity index (χ0) is 14.9. The van der Waals surface area contributed by atoms with Crippen LogP contribution in [0.4, 0.5) is 5.13 Å².